The molecule has 0 bridgehead atoms. The van der Waals surface area contributed by atoms with Gasteiger partial charge in [0.1, 0.15) is 11.7 Å². The molecule has 1 aliphatic rings. The van der Waals surface area contributed by atoms with Crippen LogP contribution >= 0.6 is 11.8 Å². The molecule has 0 spiro atoms. The summed E-state index contributed by atoms with van der Waals surface area (Å²) in [5.74, 6) is 1.25. The van der Waals surface area contributed by atoms with E-state index in [2.05, 4.69) is 5.32 Å². The molecule has 0 radical (unpaired) electrons. The Morgan fingerprint density at radius 2 is 1.75 bits per heavy atom. The van der Waals surface area contributed by atoms with Gasteiger partial charge in [-0.3, -0.25) is 19.8 Å². The summed E-state index contributed by atoms with van der Waals surface area (Å²) in [4.78, 5) is 42.7. The number of aliphatic carboxylic acids is 1. The monoisotopic (exact) mass is 508 g/mol. The van der Waals surface area contributed by atoms with Crippen molar-refractivity contribution < 1.29 is 19.5 Å². The largest absolute Gasteiger partial charge is 0.481 e. The van der Waals surface area contributed by atoms with Crippen LogP contribution in [0.5, 0.6) is 0 Å². The molecule has 36 heavy (non-hydrogen) atoms. The highest BCUT2D eigenvalue weighted by Gasteiger charge is 2.20. The molecule has 1 aliphatic heterocycles. The number of aryl methyl sites for hydroxylation is 1. The number of carboxylic acid groups (broad SMARTS) is 1. The predicted octanol–water partition coefficient (Wildman–Crippen LogP) is 2.16. The first-order valence-corrected chi connectivity index (χ1v) is 12.8. The van der Waals surface area contributed by atoms with E-state index in [0.717, 1.165) is 35.7 Å². The van der Waals surface area contributed by atoms with Gasteiger partial charge >= 0.3 is 5.97 Å². The van der Waals surface area contributed by atoms with Crippen molar-refractivity contribution in [2.24, 2.45) is 5.73 Å². The molecule has 11 heteroatoms. The zero-order valence-electron chi connectivity index (χ0n) is 19.7. The quantitative estimate of drug-likeness (QED) is 0.255. The lowest BCUT2D eigenvalue weighted by Crippen LogP contribution is -2.38. The van der Waals surface area contributed by atoms with Crippen molar-refractivity contribution in [2.75, 3.05) is 31.1 Å². The van der Waals surface area contributed by atoms with E-state index < -0.39 is 5.97 Å². The number of thioether (sulfide) groups is 1. The smallest absolute Gasteiger partial charge is 0.305 e. The molecule has 2 aromatic carbocycles. The number of hydrogen-bond acceptors (Lipinski definition) is 6. The molecule has 2 heterocycles. The molecule has 10 nitrogen and oxygen atoms in total. The molecule has 3 aromatic rings. The van der Waals surface area contributed by atoms with Crippen molar-refractivity contribution in [2.45, 2.75) is 19.4 Å². The van der Waals surface area contributed by atoms with Gasteiger partial charge in [0.25, 0.3) is 5.91 Å². The number of fused-ring (bicyclic) bond motifs is 1. The number of benzene rings is 2. The maximum atomic E-state index is 12.8. The molecule has 2 amide bonds. The Balaban J connectivity index is 1.64. The van der Waals surface area contributed by atoms with E-state index in [1.807, 2.05) is 33.4 Å². The van der Waals surface area contributed by atoms with Crippen molar-refractivity contribution in [1.82, 2.24) is 19.8 Å². The maximum absolute atomic E-state index is 12.8. The zero-order chi connectivity index (χ0) is 25.7. The number of imidazole rings is 1. The Morgan fingerprint density at radius 3 is 2.42 bits per heavy atom. The molecule has 0 unspecified atom stereocenters. The van der Waals surface area contributed by atoms with E-state index >= 15 is 0 Å². The highest BCUT2D eigenvalue weighted by Crippen LogP contribution is 2.27. The van der Waals surface area contributed by atoms with E-state index in [0.29, 0.717) is 35.4 Å². The van der Waals surface area contributed by atoms with Crippen LogP contribution in [0.2, 0.25) is 0 Å². The standard InChI is InChI=1S/C25H28N6O4S/c26-23(27)16-1-3-17(4-2-16)24-29-19-15-18(25(35)28-9-7-22(33)34)5-6-20(19)31(24)10-8-21(32)30-11-13-36-14-12-30/h1-6,15H,7-14H2,(H3,26,27)(H,28,35)(H,33,34). The lowest BCUT2D eigenvalue weighted by Gasteiger charge is -2.26. The molecule has 5 N–H and O–H groups in total. The number of carbonyl (C=O) groups is 3. The number of hydrogen-bond donors (Lipinski definition) is 4. The highest BCUT2D eigenvalue weighted by atomic mass is 32.2. The zero-order valence-corrected chi connectivity index (χ0v) is 20.5. The number of carboxylic acids is 1. The maximum Gasteiger partial charge on any atom is 0.305 e. The number of nitrogen functional groups attached to an aromatic ring is 1. The number of rotatable bonds is 9. The average molecular weight is 509 g/mol. The SMILES string of the molecule is N=C(N)c1ccc(-c2nc3cc(C(=O)NCCC(=O)O)ccc3n2CCC(=O)N2CCSCC2)cc1. The van der Waals surface area contributed by atoms with E-state index in [4.69, 9.17) is 21.2 Å². The number of amides is 2. The minimum atomic E-state index is -0.984. The summed E-state index contributed by atoms with van der Waals surface area (Å²) in [6.07, 6.45) is 0.166. The Kier molecular flexibility index (Phi) is 7.89. The number of amidine groups is 1. The Morgan fingerprint density at radius 1 is 1.06 bits per heavy atom. The topological polar surface area (TPSA) is 154 Å². The first-order valence-electron chi connectivity index (χ1n) is 11.6. The van der Waals surface area contributed by atoms with Crippen molar-refractivity contribution >= 4 is 46.4 Å². The molecule has 1 aromatic heterocycles. The highest BCUT2D eigenvalue weighted by molar-refractivity contribution is 7.99. The molecule has 0 atom stereocenters. The summed E-state index contributed by atoms with van der Waals surface area (Å²) >= 11 is 1.85. The van der Waals surface area contributed by atoms with Crippen LogP contribution in [0.3, 0.4) is 0 Å². The summed E-state index contributed by atoms with van der Waals surface area (Å²) < 4.78 is 1.97. The van der Waals surface area contributed by atoms with Gasteiger partial charge in [-0.15, -0.1) is 0 Å². The molecule has 0 saturated carbocycles. The number of aromatic nitrogens is 2. The fourth-order valence-corrected chi connectivity index (χ4v) is 4.98. The summed E-state index contributed by atoms with van der Waals surface area (Å²) in [5.41, 5.74) is 8.73. The van der Waals surface area contributed by atoms with Crippen LogP contribution in [-0.4, -0.2) is 74.3 Å². The molecule has 188 valence electrons. The molecule has 1 fully saturated rings. The van der Waals surface area contributed by atoms with Crippen LogP contribution < -0.4 is 11.1 Å². The van der Waals surface area contributed by atoms with Crippen LogP contribution in [0.25, 0.3) is 22.4 Å². The van der Waals surface area contributed by atoms with E-state index in [1.54, 1.807) is 30.3 Å². The van der Waals surface area contributed by atoms with E-state index in [1.165, 1.54) is 0 Å². The third-order valence-corrected chi connectivity index (χ3v) is 6.94. The van der Waals surface area contributed by atoms with Crippen LogP contribution in [0.15, 0.2) is 42.5 Å². The first-order chi connectivity index (χ1) is 17.3. The van der Waals surface area contributed by atoms with Gasteiger partial charge in [-0.05, 0) is 18.2 Å². The molecule has 1 saturated heterocycles. The fourth-order valence-electron chi connectivity index (χ4n) is 4.08. The first kappa shape index (κ1) is 25.2. The van der Waals surface area contributed by atoms with E-state index in [9.17, 15) is 14.4 Å². The molecular formula is C25H28N6O4S. The van der Waals surface area contributed by atoms with Crippen LogP contribution in [-0.2, 0) is 16.1 Å². The Bertz CT molecular complexity index is 1300. The third-order valence-electron chi connectivity index (χ3n) is 6.00. The number of nitrogens with zero attached hydrogens (tertiary/aromatic N) is 3. The van der Waals surface area contributed by atoms with Crippen molar-refractivity contribution in [3.63, 3.8) is 0 Å². The second kappa shape index (κ2) is 11.3. The van der Waals surface area contributed by atoms with Gasteiger partial charge in [0, 0.05) is 60.8 Å². The summed E-state index contributed by atoms with van der Waals surface area (Å²) in [6, 6.07) is 12.3. The van der Waals surface area contributed by atoms with Crippen molar-refractivity contribution in [3.05, 3.63) is 53.6 Å². The Labute approximate surface area is 212 Å². The van der Waals surface area contributed by atoms with Crippen LogP contribution in [0, 0.1) is 5.41 Å². The average Bonchev–Trinajstić information content (AvgIpc) is 3.25. The predicted molar refractivity (Wildman–Crippen MR) is 139 cm³/mol. The second-order valence-electron chi connectivity index (χ2n) is 8.42. The second-order valence-corrected chi connectivity index (χ2v) is 9.65. The van der Waals surface area contributed by atoms with Gasteiger partial charge < -0.3 is 25.6 Å². The van der Waals surface area contributed by atoms with Gasteiger partial charge in [0.05, 0.1) is 17.5 Å². The van der Waals surface area contributed by atoms with Gasteiger partial charge in [0.2, 0.25) is 5.91 Å². The number of nitrogens with two attached hydrogens (primary N) is 1. The van der Waals surface area contributed by atoms with Gasteiger partial charge in [-0.1, -0.05) is 24.3 Å². The minimum Gasteiger partial charge on any atom is -0.481 e. The van der Waals surface area contributed by atoms with Crippen molar-refractivity contribution in [1.29, 1.82) is 5.41 Å². The summed E-state index contributed by atoms with van der Waals surface area (Å²) in [6.45, 7) is 1.97. The molecule has 0 aliphatic carbocycles. The minimum absolute atomic E-state index is 0.0288. The number of nitrogens with one attached hydrogen (secondary N) is 2. The fraction of sp³-hybridized carbons (Fsp3) is 0.320. The molecular weight excluding hydrogens is 480 g/mol. The normalized spacial score (nSPS) is 13.5. The molecule has 4 rings (SSSR count). The third kappa shape index (κ3) is 5.85. The lowest BCUT2D eigenvalue weighted by molar-refractivity contribution is -0.136. The van der Waals surface area contributed by atoms with Gasteiger partial charge in [-0.2, -0.15) is 11.8 Å². The van der Waals surface area contributed by atoms with Gasteiger partial charge in [-0.25, -0.2) is 4.98 Å². The van der Waals surface area contributed by atoms with E-state index in [-0.39, 0.29) is 30.6 Å². The Hall–Kier alpha value is -3.86. The summed E-state index contributed by atoms with van der Waals surface area (Å²) in [5, 5.41) is 19.0. The lowest BCUT2D eigenvalue weighted by atomic mass is 10.1. The summed E-state index contributed by atoms with van der Waals surface area (Å²) in [7, 11) is 0. The van der Waals surface area contributed by atoms with Crippen molar-refractivity contribution in [3.8, 4) is 11.4 Å². The van der Waals surface area contributed by atoms with Crippen LogP contribution in [0.1, 0.15) is 28.8 Å². The van der Waals surface area contributed by atoms with Gasteiger partial charge in [0.15, 0.2) is 0 Å². The van der Waals surface area contributed by atoms with Crippen LogP contribution in [0.4, 0.5) is 0 Å². The number of carbonyl (C=O) groups excluding carboxylic acids is 2.